The molecule has 0 radical (unpaired) electrons. The lowest BCUT2D eigenvalue weighted by atomic mass is 9.93. The zero-order chi connectivity index (χ0) is 20.1. The Morgan fingerprint density at radius 2 is 1.48 bits per heavy atom. The molecule has 0 aromatic heterocycles. The van der Waals surface area contributed by atoms with Crippen LogP contribution in [0.5, 0.6) is 5.75 Å². The summed E-state index contributed by atoms with van der Waals surface area (Å²) in [7, 11) is 3.49. The monoisotopic (exact) mass is 412 g/mol. The van der Waals surface area contributed by atoms with E-state index >= 15 is 0 Å². The van der Waals surface area contributed by atoms with Crippen LogP contribution in [0.3, 0.4) is 0 Å². The highest BCUT2D eigenvalue weighted by molar-refractivity contribution is 7.61. The Morgan fingerprint density at radius 1 is 0.862 bits per heavy atom. The van der Waals surface area contributed by atoms with Gasteiger partial charge in [0, 0.05) is 19.1 Å². The normalized spacial score (nSPS) is 26.5. The molecule has 3 aliphatic rings. The average Bonchev–Trinajstić information content (AvgIpc) is 2.81. The molecule has 0 spiro atoms. The van der Waals surface area contributed by atoms with E-state index in [0.29, 0.717) is 0 Å². The van der Waals surface area contributed by atoms with Gasteiger partial charge in [-0.1, -0.05) is 82.9 Å². The van der Waals surface area contributed by atoms with E-state index in [9.17, 15) is 0 Å². The molecular formula is C26H37O2P. The molecule has 1 unspecified atom stereocenters. The zero-order valence-electron chi connectivity index (χ0n) is 18.2. The number of methoxy groups -OCH3 is 2. The molecule has 0 saturated heterocycles. The highest BCUT2D eigenvalue weighted by Gasteiger charge is 2.49. The molecule has 1 aromatic carbocycles. The number of hydrogen-bond donors (Lipinski definition) is 0. The van der Waals surface area contributed by atoms with Crippen molar-refractivity contribution in [2.75, 3.05) is 14.2 Å². The van der Waals surface area contributed by atoms with Gasteiger partial charge in [0.25, 0.3) is 0 Å². The summed E-state index contributed by atoms with van der Waals surface area (Å²) in [6, 6.07) is 8.54. The quantitative estimate of drug-likeness (QED) is 0.450. The van der Waals surface area contributed by atoms with Crippen LogP contribution in [-0.2, 0) is 4.74 Å². The smallest absolute Gasteiger partial charge is 0.126 e. The predicted molar refractivity (Wildman–Crippen MR) is 125 cm³/mol. The van der Waals surface area contributed by atoms with Crippen LogP contribution in [0.25, 0.3) is 5.57 Å². The molecule has 0 heterocycles. The first-order valence-corrected chi connectivity index (χ1v) is 13.1. The predicted octanol–water partition coefficient (Wildman–Crippen LogP) is 7.53. The molecule has 3 aliphatic carbocycles. The number of ether oxygens (including phenoxy) is 2. The molecule has 1 aromatic rings. The van der Waals surface area contributed by atoms with Crippen LogP contribution in [0, 0.1) is 0 Å². The molecule has 3 heteroatoms. The Balaban J connectivity index is 1.80. The van der Waals surface area contributed by atoms with Crippen LogP contribution in [-0.4, -0.2) is 30.9 Å². The Morgan fingerprint density at radius 3 is 2.07 bits per heavy atom. The van der Waals surface area contributed by atoms with Crippen LogP contribution in [0.2, 0.25) is 0 Å². The van der Waals surface area contributed by atoms with Crippen molar-refractivity contribution in [3.05, 3.63) is 48.1 Å². The molecule has 2 fully saturated rings. The fraction of sp³-hybridized carbons (Fsp3) is 0.615. The molecule has 4 rings (SSSR count). The van der Waals surface area contributed by atoms with Gasteiger partial charge >= 0.3 is 0 Å². The lowest BCUT2D eigenvalue weighted by molar-refractivity contribution is 0.112. The molecule has 0 N–H and O–H groups in total. The van der Waals surface area contributed by atoms with Gasteiger partial charge in [-0.25, -0.2) is 0 Å². The maximum absolute atomic E-state index is 6.67. The Labute approximate surface area is 178 Å². The van der Waals surface area contributed by atoms with Crippen LogP contribution in [0.15, 0.2) is 42.5 Å². The van der Waals surface area contributed by atoms with Gasteiger partial charge in [0.15, 0.2) is 0 Å². The number of para-hydroxylation sites is 1. The van der Waals surface area contributed by atoms with E-state index in [2.05, 4.69) is 42.5 Å². The number of rotatable bonds is 6. The minimum atomic E-state index is -0.277. The molecule has 29 heavy (non-hydrogen) atoms. The van der Waals surface area contributed by atoms with Crippen LogP contribution >= 0.6 is 7.92 Å². The van der Waals surface area contributed by atoms with Crippen molar-refractivity contribution < 1.29 is 9.47 Å². The maximum atomic E-state index is 6.67. The van der Waals surface area contributed by atoms with Crippen molar-refractivity contribution in [3.8, 4) is 5.75 Å². The number of hydrogen-bond acceptors (Lipinski definition) is 2. The third kappa shape index (κ3) is 4.21. The van der Waals surface area contributed by atoms with Gasteiger partial charge in [-0.05, 0) is 48.6 Å². The summed E-state index contributed by atoms with van der Waals surface area (Å²) in [6.45, 7) is 0. The van der Waals surface area contributed by atoms with Gasteiger partial charge in [-0.2, -0.15) is 0 Å². The average molecular weight is 413 g/mol. The van der Waals surface area contributed by atoms with E-state index in [1.165, 1.54) is 75.3 Å². The van der Waals surface area contributed by atoms with E-state index in [1.54, 1.807) is 7.11 Å². The summed E-state index contributed by atoms with van der Waals surface area (Å²) in [5.41, 5.74) is 4.26. The summed E-state index contributed by atoms with van der Waals surface area (Å²) in [5.74, 6) is 0.970. The lowest BCUT2D eigenvalue weighted by Gasteiger charge is -2.51. The molecule has 0 bridgehead atoms. The second-order valence-electron chi connectivity index (χ2n) is 8.89. The van der Waals surface area contributed by atoms with Crippen LogP contribution in [0.4, 0.5) is 0 Å². The lowest BCUT2D eigenvalue weighted by Crippen LogP contribution is -2.40. The van der Waals surface area contributed by atoms with E-state index in [4.69, 9.17) is 9.47 Å². The van der Waals surface area contributed by atoms with Gasteiger partial charge in [0.1, 0.15) is 11.1 Å². The number of benzene rings is 1. The molecule has 1 atom stereocenters. The Bertz CT molecular complexity index is 710. The third-order valence-corrected chi connectivity index (χ3v) is 11.3. The van der Waals surface area contributed by atoms with Gasteiger partial charge in [-0.15, -0.1) is 0 Å². The first-order valence-electron chi connectivity index (χ1n) is 11.6. The standard InChI is InChI=1S/C26H37O2P/c1-27-25-19-10-9-17-23(25)24-18-11-12-20-26(24,28-2)29(21-13-5-3-6-14-21)22-15-7-4-8-16-22/h9-12,17-19,21-22H,3-8,13-16,20H2,1-2H3. The van der Waals surface area contributed by atoms with Crippen molar-refractivity contribution in [1.29, 1.82) is 0 Å². The van der Waals surface area contributed by atoms with Crippen molar-refractivity contribution in [2.45, 2.75) is 87.3 Å². The topological polar surface area (TPSA) is 18.5 Å². The van der Waals surface area contributed by atoms with E-state index in [1.807, 2.05) is 7.11 Å². The molecule has 2 nitrogen and oxygen atoms in total. The van der Waals surface area contributed by atoms with Crippen molar-refractivity contribution in [3.63, 3.8) is 0 Å². The Hall–Kier alpha value is -1.11. The van der Waals surface area contributed by atoms with Gasteiger partial charge in [0.2, 0.25) is 0 Å². The van der Waals surface area contributed by atoms with E-state index in [-0.39, 0.29) is 13.3 Å². The second-order valence-corrected chi connectivity index (χ2v) is 11.9. The summed E-state index contributed by atoms with van der Waals surface area (Å²) in [5, 5.41) is -0.178. The van der Waals surface area contributed by atoms with E-state index < -0.39 is 0 Å². The molecule has 0 amide bonds. The summed E-state index contributed by atoms with van der Waals surface area (Å²) in [6.07, 6.45) is 22.0. The summed E-state index contributed by atoms with van der Waals surface area (Å²) in [4.78, 5) is 0. The maximum Gasteiger partial charge on any atom is 0.126 e. The highest BCUT2D eigenvalue weighted by atomic mass is 31.1. The summed E-state index contributed by atoms with van der Waals surface area (Å²) < 4.78 is 12.5. The zero-order valence-corrected chi connectivity index (χ0v) is 19.1. The van der Waals surface area contributed by atoms with Crippen molar-refractivity contribution >= 4 is 13.5 Å². The fourth-order valence-electron chi connectivity index (χ4n) is 5.95. The first-order chi connectivity index (χ1) is 14.3. The Kier molecular flexibility index (Phi) is 7.14. The minimum Gasteiger partial charge on any atom is -0.496 e. The number of allylic oxidation sites excluding steroid dienone is 2. The minimum absolute atomic E-state index is 0.178. The van der Waals surface area contributed by atoms with Crippen LogP contribution < -0.4 is 4.74 Å². The van der Waals surface area contributed by atoms with Crippen molar-refractivity contribution in [1.82, 2.24) is 0 Å². The van der Waals surface area contributed by atoms with Gasteiger partial charge < -0.3 is 9.47 Å². The van der Waals surface area contributed by atoms with E-state index in [0.717, 1.165) is 23.5 Å². The second kappa shape index (κ2) is 9.80. The molecule has 0 aliphatic heterocycles. The SMILES string of the molecule is COc1ccccc1C1=CC=CCC1(OC)P(C1CCCCC1)C1CCCCC1. The third-order valence-electron chi connectivity index (χ3n) is 7.30. The first kappa shape index (κ1) is 21.1. The van der Waals surface area contributed by atoms with Crippen LogP contribution in [0.1, 0.15) is 76.2 Å². The highest BCUT2D eigenvalue weighted by Crippen LogP contribution is 2.69. The fourth-order valence-corrected chi connectivity index (χ4v) is 10.6. The van der Waals surface area contributed by atoms with Crippen molar-refractivity contribution in [2.24, 2.45) is 0 Å². The van der Waals surface area contributed by atoms with Gasteiger partial charge in [-0.3, -0.25) is 0 Å². The summed E-state index contributed by atoms with van der Waals surface area (Å²) >= 11 is 0. The molecule has 158 valence electrons. The molecular weight excluding hydrogens is 375 g/mol. The van der Waals surface area contributed by atoms with Gasteiger partial charge in [0.05, 0.1) is 7.11 Å². The molecule has 2 saturated carbocycles. The largest absolute Gasteiger partial charge is 0.496 e.